The summed E-state index contributed by atoms with van der Waals surface area (Å²) in [6.07, 6.45) is 0.936. The molecule has 0 saturated heterocycles. The van der Waals surface area contributed by atoms with Gasteiger partial charge in [0.25, 0.3) is 5.91 Å². The van der Waals surface area contributed by atoms with Crippen molar-refractivity contribution in [1.82, 2.24) is 5.32 Å². The smallest absolute Gasteiger partial charge is 0.308 e. The summed E-state index contributed by atoms with van der Waals surface area (Å²) in [5, 5.41) is 21.5. The van der Waals surface area contributed by atoms with E-state index in [1.54, 1.807) is 13.0 Å². The van der Waals surface area contributed by atoms with Crippen molar-refractivity contribution in [2.24, 2.45) is 0 Å². The number of hydrogen-bond donors (Lipinski definition) is 1. The molecule has 0 radical (unpaired) electrons. The quantitative estimate of drug-likeness (QED) is 0.662. The Balaban J connectivity index is 3.11. The summed E-state index contributed by atoms with van der Waals surface area (Å²) >= 11 is 0. The summed E-state index contributed by atoms with van der Waals surface area (Å²) in [6, 6.07) is 1.87. The molecular weight excluding hydrogens is 272 g/mol. The van der Waals surface area contributed by atoms with E-state index in [9.17, 15) is 23.7 Å². The molecule has 8 heteroatoms. The van der Waals surface area contributed by atoms with Gasteiger partial charge in [0.15, 0.2) is 0 Å². The van der Waals surface area contributed by atoms with E-state index in [4.69, 9.17) is 5.26 Å². The first-order valence-corrected chi connectivity index (χ1v) is 5.74. The van der Waals surface area contributed by atoms with E-state index in [1.807, 2.05) is 0 Å². The lowest BCUT2D eigenvalue weighted by molar-refractivity contribution is -0.387. The molecule has 0 spiro atoms. The molecule has 1 N–H and O–H groups in total. The van der Waals surface area contributed by atoms with Crippen LogP contribution in [0.3, 0.4) is 0 Å². The van der Waals surface area contributed by atoms with Gasteiger partial charge in [0.05, 0.1) is 22.6 Å². The van der Waals surface area contributed by atoms with Gasteiger partial charge in [-0.15, -0.1) is 0 Å². The summed E-state index contributed by atoms with van der Waals surface area (Å²) in [5.74, 6) is -3.60. The van der Waals surface area contributed by atoms with E-state index in [0.29, 0.717) is 25.0 Å². The number of hydrogen-bond acceptors (Lipinski definition) is 4. The van der Waals surface area contributed by atoms with E-state index in [0.717, 1.165) is 0 Å². The summed E-state index contributed by atoms with van der Waals surface area (Å²) in [5.41, 5.74) is -1.92. The normalized spacial score (nSPS) is 11.5. The van der Waals surface area contributed by atoms with Crippen molar-refractivity contribution in [3.05, 3.63) is 39.4 Å². The molecule has 0 aliphatic carbocycles. The second-order valence-electron chi connectivity index (χ2n) is 3.99. The van der Waals surface area contributed by atoms with Crippen molar-refractivity contribution in [3.8, 4) is 6.07 Å². The maximum Gasteiger partial charge on any atom is 0.308 e. The Morgan fingerprint density at radius 3 is 2.70 bits per heavy atom. The first kappa shape index (κ1) is 15.5. The fraction of sp³-hybridized carbons (Fsp3) is 0.333. The molecular formula is C12H11F2N3O3. The molecule has 0 bridgehead atoms. The van der Waals surface area contributed by atoms with Gasteiger partial charge >= 0.3 is 5.69 Å². The molecule has 6 nitrogen and oxygen atoms in total. The van der Waals surface area contributed by atoms with Gasteiger partial charge in [0.2, 0.25) is 5.82 Å². The number of nitrogens with zero attached hydrogens (tertiary/aromatic N) is 2. The van der Waals surface area contributed by atoms with E-state index in [1.165, 1.54) is 0 Å². The molecule has 1 aromatic carbocycles. The van der Waals surface area contributed by atoms with Gasteiger partial charge in [-0.1, -0.05) is 13.3 Å². The third kappa shape index (κ3) is 3.47. The zero-order valence-corrected chi connectivity index (χ0v) is 10.5. The van der Waals surface area contributed by atoms with Gasteiger partial charge in [-0.25, -0.2) is 4.39 Å². The average molecular weight is 283 g/mol. The lowest BCUT2D eigenvalue weighted by Gasteiger charge is -2.11. The van der Waals surface area contributed by atoms with Crippen LogP contribution in [-0.2, 0) is 0 Å². The number of carbonyl (C=O) groups is 1. The molecule has 1 unspecified atom stereocenters. The lowest BCUT2D eigenvalue weighted by Crippen LogP contribution is -2.34. The maximum absolute atomic E-state index is 13.7. The van der Waals surface area contributed by atoms with E-state index in [-0.39, 0.29) is 0 Å². The number of amides is 1. The SMILES string of the molecule is CCCC(C#N)NC(=O)c1cc(F)cc([N+](=O)[O-])c1F. The molecule has 0 fully saturated rings. The highest BCUT2D eigenvalue weighted by molar-refractivity contribution is 5.95. The fourth-order valence-electron chi connectivity index (χ4n) is 1.57. The number of carbonyl (C=O) groups excluding carboxylic acids is 1. The van der Waals surface area contributed by atoms with Crippen LogP contribution >= 0.6 is 0 Å². The Morgan fingerprint density at radius 1 is 1.55 bits per heavy atom. The molecule has 0 aliphatic heterocycles. The van der Waals surface area contributed by atoms with Gasteiger partial charge < -0.3 is 5.32 Å². The minimum absolute atomic E-state index is 0.335. The van der Waals surface area contributed by atoms with Crippen molar-refractivity contribution >= 4 is 11.6 Å². The topological polar surface area (TPSA) is 96.0 Å². The minimum atomic E-state index is -1.43. The van der Waals surface area contributed by atoms with Gasteiger partial charge in [0, 0.05) is 0 Å². The van der Waals surface area contributed by atoms with Crippen LogP contribution < -0.4 is 5.32 Å². The lowest BCUT2D eigenvalue weighted by atomic mass is 10.1. The molecule has 1 aromatic rings. The number of nitriles is 1. The van der Waals surface area contributed by atoms with Crippen LogP contribution in [-0.4, -0.2) is 16.9 Å². The van der Waals surface area contributed by atoms with Gasteiger partial charge in [-0.05, 0) is 12.5 Å². The predicted molar refractivity (Wildman–Crippen MR) is 64.8 cm³/mol. The largest absolute Gasteiger partial charge is 0.336 e. The number of benzene rings is 1. The molecule has 0 aromatic heterocycles. The van der Waals surface area contributed by atoms with Crippen molar-refractivity contribution in [1.29, 1.82) is 5.26 Å². The zero-order chi connectivity index (χ0) is 15.3. The molecule has 0 aliphatic rings. The number of nitro benzene ring substituents is 1. The van der Waals surface area contributed by atoms with Gasteiger partial charge in [0.1, 0.15) is 11.9 Å². The summed E-state index contributed by atoms with van der Waals surface area (Å²) in [6.45, 7) is 1.78. The Hall–Kier alpha value is -2.56. The third-order valence-corrected chi connectivity index (χ3v) is 2.50. The van der Waals surface area contributed by atoms with Crippen LogP contribution in [0, 0.1) is 33.1 Å². The Labute approximate surface area is 113 Å². The van der Waals surface area contributed by atoms with Gasteiger partial charge in [-0.2, -0.15) is 9.65 Å². The molecule has 1 atom stereocenters. The van der Waals surface area contributed by atoms with Crippen molar-refractivity contribution < 1.29 is 18.5 Å². The number of nitrogens with one attached hydrogen (secondary N) is 1. The molecule has 1 rings (SSSR count). The first-order chi connectivity index (χ1) is 9.40. The van der Waals surface area contributed by atoms with Crippen LogP contribution in [0.4, 0.5) is 14.5 Å². The Kier molecular flexibility index (Phi) is 5.08. The number of rotatable bonds is 5. The molecule has 20 heavy (non-hydrogen) atoms. The minimum Gasteiger partial charge on any atom is -0.336 e. The monoisotopic (exact) mass is 283 g/mol. The second-order valence-corrected chi connectivity index (χ2v) is 3.99. The number of nitro groups is 1. The predicted octanol–water partition coefficient (Wildman–Crippen LogP) is 2.30. The molecule has 0 heterocycles. The molecule has 0 saturated carbocycles. The second kappa shape index (κ2) is 6.56. The van der Waals surface area contributed by atoms with Crippen molar-refractivity contribution in [2.45, 2.75) is 25.8 Å². The van der Waals surface area contributed by atoms with E-state index >= 15 is 0 Å². The van der Waals surface area contributed by atoms with Crippen molar-refractivity contribution in [2.75, 3.05) is 0 Å². The Bertz CT molecular complexity index is 584. The van der Waals surface area contributed by atoms with E-state index in [2.05, 4.69) is 5.32 Å². The highest BCUT2D eigenvalue weighted by Crippen LogP contribution is 2.22. The highest BCUT2D eigenvalue weighted by Gasteiger charge is 2.25. The first-order valence-electron chi connectivity index (χ1n) is 5.74. The third-order valence-electron chi connectivity index (χ3n) is 2.50. The van der Waals surface area contributed by atoms with Crippen molar-refractivity contribution in [3.63, 3.8) is 0 Å². The summed E-state index contributed by atoms with van der Waals surface area (Å²) < 4.78 is 26.9. The van der Waals surface area contributed by atoms with Crippen LogP contribution in [0.25, 0.3) is 0 Å². The van der Waals surface area contributed by atoms with Crippen LogP contribution in [0.2, 0.25) is 0 Å². The highest BCUT2D eigenvalue weighted by atomic mass is 19.1. The van der Waals surface area contributed by atoms with Crippen LogP contribution in [0.15, 0.2) is 12.1 Å². The number of halogens is 2. The van der Waals surface area contributed by atoms with Gasteiger partial charge in [-0.3, -0.25) is 14.9 Å². The standard InChI is InChI=1S/C12H11F2N3O3/c1-2-3-8(6-15)16-12(18)9-4-7(13)5-10(11(9)14)17(19)20/h4-5,8H,2-3H2,1H3,(H,16,18). The van der Waals surface area contributed by atoms with E-state index < -0.39 is 39.8 Å². The van der Waals surface area contributed by atoms with Crippen LogP contribution in [0.1, 0.15) is 30.1 Å². The average Bonchev–Trinajstić information content (AvgIpc) is 2.39. The summed E-state index contributed by atoms with van der Waals surface area (Å²) in [4.78, 5) is 21.2. The fourth-order valence-corrected chi connectivity index (χ4v) is 1.57. The van der Waals surface area contributed by atoms with Crippen LogP contribution in [0.5, 0.6) is 0 Å². The Morgan fingerprint density at radius 2 is 2.20 bits per heavy atom. The summed E-state index contributed by atoms with van der Waals surface area (Å²) in [7, 11) is 0. The molecule has 106 valence electrons. The molecule has 1 amide bonds. The zero-order valence-electron chi connectivity index (χ0n) is 10.5. The maximum atomic E-state index is 13.7.